The number of benzene rings is 3. The standard InChI is InChI=1S/C31H30N2O4/c1-2-14-30-15-16-31(37-30,17-18-36-20-21-8-4-3-5-9-21)27-26(30)28(34)33(29(27)35)25-13-12-22(19-32)23-10-6-7-11-24(23)25/h3-13,34-35H,2,14-18,20H2,1H3/t30-,31-/m1/s1. The SMILES string of the molecule is CCC[C@]12CC[C@](CCOCc3ccccc3)(O1)c1c2c(O)n(-c2ccc(C#N)c3ccccc23)c1O. The van der Waals surface area contributed by atoms with Crippen molar-refractivity contribution in [2.75, 3.05) is 6.61 Å². The van der Waals surface area contributed by atoms with Gasteiger partial charge in [0.15, 0.2) is 0 Å². The maximum absolute atomic E-state index is 11.7. The second-order valence-corrected chi connectivity index (χ2v) is 10.2. The average molecular weight is 495 g/mol. The van der Waals surface area contributed by atoms with Gasteiger partial charge in [0.05, 0.1) is 41.7 Å². The topological polar surface area (TPSA) is 87.6 Å². The van der Waals surface area contributed by atoms with Crippen molar-refractivity contribution in [2.45, 2.75) is 56.8 Å². The first-order valence-electron chi connectivity index (χ1n) is 13.0. The summed E-state index contributed by atoms with van der Waals surface area (Å²) in [7, 11) is 0. The summed E-state index contributed by atoms with van der Waals surface area (Å²) in [6, 6.07) is 23.4. The van der Waals surface area contributed by atoms with Gasteiger partial charge in [0.1, 0.15) is 11.2 Å². The maximum Gasteiger partial charge on any atom is 0.205 e. The molecular formula is C31H30N2O4. The van der Waals surface area contributed by atoms with Crippen molar-refractivity contribution in [3.63, 3.8) is 0 Å². The van der Waals surface area contributed by atoms with Gasteiger partial charge in [-0.1, -0.05) is 67.9 Å². The van der Waals surface area contributed by atoms with Crippen molar-refractivity contribution in [1.29, 1.82) is 5.26 Å². The molecule has 2 bridgehead atoms. The zero-order valence-corrected chi connectivity index (χ0v) is 20.9. The summed E-state index contributed by atoms with van der Waals surface area (Å²) in [6.45, 7) is 3.10. The summed E-state index contributed by atoms with van der Waals surface area (Å²) in [5, 5.41) is 34.5. The summed E-state index contributed by atoms with van der Waals surface area (Å²) in [5.74, 6) is 0.0192. The van der Waals surface area contributed by atoms with Crippen molar-refractivity contribution < 1.29 is 19.7 Å². The Hall–Kier alpha value is -3.79. The van der Waals surface area contributed by atoms with E-state index in [-0.39, 0.29) is 11.8 Å². The number of fused-ring (bicyclic) bond motifs is 6. The van der Waals surface area contributed by atoms with Gasteiger partial charge in [-0.05, 0) is 37.0 Å². The van der Waals surface area contributed by atoms with Crippen molar-refractivity contribution in [2.24, 2.45) is 0 Å². The molecule has 4 aromatic rings. The molecule has 188 valence electrons. The number of hydrogen-bond acceptors (Lipinski definition) is 5. The second kappa shape index (κ2) is 8.95. The summed E-state index contributed by atoms with van der Waals surface area (Å²) in [4.78, 5) is 0. The van der Waals surface area contributed by atoms with Crippen LogP contribution in [0.1, 0.15) is 61.3 Å². The van der Waals surface area contributed by atoms with Gasteiger partial charge in [0.25, 0.3) is 0 Å². The number of hydrogen-bond donors (Lipinski definition) is 2. The van der Waals surface area contributed by atoms with Crippen LogP contribution in [0.4, 0.5) is 0 Å². The highest BCUT2D eigenvalue weighted by Crippen LogP contribution is 2.67. The van der Waals surface area contributed by atoms with Crippen LogP contribution in [0.2, 0.25) is 0 Å². The van der Waals surface area contributed by atoms with Gasteiger partial charge in [0.2, 0.25) is 11.8 Å². The first kappa shape index (κ1) is 23.6. The van der Waals surface area contributed by atoms with E-state index < -0.39 is 11.2 Å². The number of aromatic hydroxyl groups is 2. The van der Waals surface area contributed by atoms with Crippen LogP contribution in [-0.2, 0) is 27.3 Å². The molecule has 1 aromatic heterocycles. The normalized spacial score (nSPS) is 21.8. The van der Waals surface area contributed by atoms with Gasteiger partial charge < -0.3 is 19.7 Å². The quantitative estimate of drug-likeness (QED) is 0.272. The molecule has 0 radical (unpaired) electrons. The monoisotopic (exact) mass is 494 g/mol. The number of nitriles is 1. The van der Waals surface area contributed by atoms with Crippen LogP contribution in [0.3, 0.4) is 0 Å². The molecule has 1 saturated heterocycles. The van der Waals surface area contributed by atoms with Crippen LogP contribution < -0.4 is 0 Å². The highest BCUT2D eigenvalue weighted by molar-refractivity contribution is 5.95. The molecule has 0 aliphatic carbocycles. The Kier molecular flexibility index (Phi) is 5.71. The highest BCUT2D eigenvalue weighted by atomic mass is 16.5. The van der Waals surface area contributed by atoms with Crippen LogP contribution in [0.5, 0.6) is 11.8 Å². The Morgan fingerprint density at radius 1 is 0.892 bits per heavy atom. The van der Waals surface area contributed by atoms with E-state index in [2.05, 4.69) is 13.0 Å². The minimum Gasteiger partial charge on any atom is -0.494 e. The molecule has 6 nitrogen and oxygen atoms in total. The molecule has 0 saturated carbocycles. The van der Waals surface area contributed by atoms with E-state index in [1.807, 2.05) is 54.6 Å². The molecule has 1 fully saturated rings. The van der Waals surface area contributed by atoms with Crippen LogP contribution >= 0.6 is 0 Å². The van der Waals surface area contributed by atoms with E-state index in [4.69, 9.17) is 9.47 Å². The lowest BCUT2D eigenvalue weighted by Crippen LogP contribution is -2.25. The van der Waals surface area contributed by atoms with E-state index in [0.29, 0.717) is 42.0 Å². The molecule has 3 aromatic carbocycles. The van der Waals surface area contributed by atoms with Crippen LogP contribution in [0.25, 0.3) is 16.5 Å². The largest absolute Gasteiger partial charge is 0.494 e. The first-order valence-corrected chi connectivity index (χ1v) is 13.0. The third-order valence-electron chi connectivity index (χ3n) is 8.03. The summed E-state index contributed by atoms with van der Waals surface area (Å²) < 4.78 is 14.3. The Morgan fingerprint density at radius 3 is 2.22 bits per heavy atom. The molecule has 0 unspecified atom stereocenters. The lowest BCUT2D eigenvalue weighted by atomic mass is 9.75. The van der Waals surface area contributed by atoms with E-state index >= 15 is 0 Å². The molecule has 6 rings (SSSR count). The predicted octanol–water partition coefficient (Wildman–Crippen LogP) is 6.53. The fraction of sp³-hybridized carbons (Fsp3) is 0.323. The van der Waals surface area contributed by atoms with Crippen molar-refractivity contribution >= 4 is 10.8 Å². The minimum atomic E-state index is -0.712. The molecular weight excluding hydrogens is 464 g/mol. The van der Waals surface area contributed by atoms with Gasteiger partial charge in [0, 0.05) is 17.2 Å². The fourth-order valence-corrected chi connectivity index (χ4v) is 6.45. The highest BCUT2D eigenvalue weighted by Gasteiger charge is 2.63. The number of rotatable bonds is 8. The summed E-state index contributed by atoms with van der Waals surface area (Å²) in [6.07, 6.45) is 3.80. The molecule has 2 N–H and O–H groups in total. The third kappa shape index (κ3) is 3.53. The predicted molar refractivity (Wildman–Crippen MR) is 141 cm³/mol. The molecule has 0 amide bonds. The van der Waals surface area contributed by atoms with Crippen LogP contribution in [-0.4, -0.2) is 21.4 Å². The number of ether oxygens (including phenoxy) is 2. The number of nitrogens with zero attached hydrogens (tertiary/aromatic N) is 2. The zero-order chi connectivity index (χ0) is 25.6. The van der Waals surface area contributed by atoms with Gasteiger partial charge in [-0.2, -0.15) is 5.26 Å². The molecule has 2 atom stereocenters. The third-order valence-corrected chi connectivity index (χ3v) is 8.03. The Bertz CT molecular complexity index is 1520. The lowest BCUT2D eigenvalue weighted by molar-refractivity contribution is -0.106. The molecule has 3 heterocycles. The Labute approximate surface area is 216 Å². The van der Waals surface area contributed by atoms with Gasteiger partial charge in [-0.15, -0.1) is 0 Å². The van der Waals surface area contributed by atoms with Crippen LogP contribution in [0, 0.1) is 11.3 Å². The minimum absolute atomic E-state index is 0.00287. The van der Waals surface area contributed by atoms with Gasteiger partial charge in [-0.3, -0.25) is 4.57 Å². The van der Waals surface area contributed by atoms with Crippen molar-refractivity contribution in [1.82, 2.24) is 4.57 Å². The van der Waals surface area contributed by atoms with Gasteiger partial charge in [-0.25, -0.2) is 0 Å². The molecule has 0 spiro atoms. The maximum atomic E-state index is 11.7. The lowest BCUT2D eigenvalue weighted by Gasteiger charge is -2.27. The smallest absolute Gasteiger partial charge is 0.205 e. The van der Waals surface area contributed by atoms with E-state index in [1.54, 1.807) is 12.1 Å². The Morgan fingerprint density at radius 2 is 1.54 bits per heavy atom. The van der Waals surface area contributed by atoms with E-state index in [1.165, 1.54) is 4.57 Å². The first-order chi connectivity index (χ1) is 18.0. The summed E-state index contributed by atoms with van der Waals surface area (Å²) >= 11 is 0. The van der Waals surface area contributed by atoms with Crippen LogP contribution in [0.15, 0.2) is 66.7 Å². The average Bonchev–Trinajstić information content (AvgIpc) is 3.53. The van der Waals surface area contributed by atoms with E-state index in [0.717, 1.165) is 42.0 Å². The molecule has 6 heteroatoms. The van der Waals surface area contributed by atoms with Gasteiger partial charge >= 0.3 is 0 Å². The molecule has 2 aliphatic heterocycles. The Balaban J connectivity index is 1.42. The molecule has 37 heavy (non-hydrogen) atoms. The van der Waals surface area contributed by atoms with Crippen molar-refractivity contribution in [3.05, 3.63) is 89.0 Å². The number of aromatic nitrogens is 1. The molecule has 2 aliphatic rings. The van der Waals surface area contributed by atoms with E-state index in [9.17, 15) is 15.5 Å². The zero-order valence-electron chi connectivity index (χ0n) is 20.9. The second-order valence-electron chi connectivity index (χ2n) is 10.2. The fourth-order valence-electron chi connectivity index (χ4n) is 6.45. The van der Waals surface area contributed by atoms with Crippen molar-refractivity contribution in [3.8, 4) is 23.5 Å². The summed E-state index contributed by atoms with van der Waals surface area (Å²) in [5.41, 5.74) is 2.35.